The Hall–Kier alpha value is -1.56. The first-order valence-electron chi connectivity index (χ1n) is 8.54. The Morgan fingerprint density at radius 2 is 2.26 bits per heavy atom. The van der Waals surface area contributed by atoms with Crippen molar-refractivity contribution in [1.29, 1.82) is 0 Å². The topological polar surface area (TPSA) is 68.2 Å². The summed E-state index contributed by atoms with van der Waals surface area (Å²) in [4.78, 5) is 16.6. The number of nitrogens with zero attached hydrogens (tertiary/aromatic N) is 2. The number of methoxy groups -OCH3 is 1. The molecule has 1 aliphatic rings. The number of amides is 2. The largest absolute Gasteiger partial charge is 0.379 e. The second-order valence-electron chi connectivity index (χ2n) is 7.02. The Labute approximate surface area is 139 Å². The highest BCUT2D eigenvalue weighted by atomic mass is 16.5. The third kappa shape index (κ3) is 5.53. The van der Waals surface area contributed by atoms with Crippen LogP contribution in [0, 0.1) is 0 Å². The molecule has 0 aromatic carbocycles. The van der Waals surface area contributed by atoms with Crippen LogP contribution in [0.5, 0.6) is 0 Å². The summed E-state index contributed by atoms with van der Waals surface area (Å²) >= 11 is 0. The van der Waals surface area contributed by atoms with Crippen LogP contribution in [0.25, 0.3) is 0 Å². The van der Waals surface area contributed by atoms with E-state index in [9.17, 15) is 4.79 Å². The molecular weight excluding hydrogens is 292 g/mol. The lowest BCUT2D eigenvalue weighted by molar-refractivity contribution is 0.00951. The first kappa shape index (κ1) is 17.8. The second-order valence-corrected chi connectivity index (χ2v) is 7.02. The predicted octanol–water partition coefficient (Wildman–Crippen LogP) is 2.26. The minimum absolute atomic E-state index is 0.0601. The maximum atomic E-state index is 11.9. The zero-order valence-corrected chi connectivity index (χ0v) is 14.8. The average Bonchev–Trinajstić information content (AvgIpc) is 2.89. The van der Waals surface area contributed by atoms with Gasteiger partial charge in [-0.2, -0.15) is 0 Å². The van der Waals surface area contributed by atoms with Crippen molar-refractivity contribution in [3.8, 4) is 0 Å². The number of hydrogen-bond donors (Lipinski definition) is 2. The van der Waals surface area contributed by atoms with Gasteiger partial charge in [0.2, 0.25) is 0 Å². The number of rotatable bonds is 7. The molecule has 0 saturated heterocycles. The summed E-state index contributed by atoms with van der Waals surface area (Å²) in [6, 6.07) is -0.0711. The highest BCUT2D eigenvalue weighted by molar-refractivity contribution is 5.74. The Bertz CT molecular complexity index is 501. The fourth-order valence-electron chi connectivity index (χ4n) is 3.04. The summed E-state index contributed by atoms with van der Waals surface area (Å²) in [5.41, 5.74) is 0.832. The van der Waals surface area contributed by atoms with E-state index in [0.717, 1.165) is 31.5 Å². The third-order valence-electron chi connectivity index (χ3n) is 4.35. The van der Waals surface area contributed by atoms with Crippen molar-refractivity contribution >= 4 is 6.03 Å². The van der Waals surface area contributed by atoms with E-state index in [4.69, 9.17) is 4.74 Å². The first-order chi connectivity index (χ1) is 10.9. The summed E-state index contributed by atoms with van der Waals surface area (Å²) in [6.07, 6.45) is 7.20. The fraction of sp³-hybridized carbons (Fsp3) is 0.765. The molecule has 2 heterocycles. The van der Waals surface area contributed by atoms with E-state index in [1.54, 1.807) is 7.11 Å². The van der Waals surface area contributed by atoms with Crippen LogP contribution in [-0.2, 0) is 24.1 Å². The number of carbonyl (C=O) groups is 1. The molecule has 130 valence electrons. The van der Waals surface area contributed by atoms with E-state index in [1.165, 1.54) is 18.7 Å². The number of aromatic nitrogens is 2. The van der Waals surface area contributed by atoms with Crippen LogP contribution in [0.2, 0.25) is 0 Å². The van der Waals surface area contributed by atoms with Crippen LogP contribution in [0.3, 0.4) is 0 Å². The minimum atomic E-state index is -0.234. The molecule has 1 aromatic heterocycles. The standard InChI is InChI=1S/C17H30N4O2/c1-13(11-17(2,3)23-4)19-16(22)18-9-8-14-12-21-10-6-5-7-15(21)20-14/h12-13H,5-11H2,1-4H3,(H2,18,19,22)/t13-/m1/s1. The van der Waals surface area contributed by atoms with Crippen molar-refractivity contribution in [2.24, 2.45) is 0 Å². The van der Waals surface area contributed by atoms with Gasteiger partial charge in [0.1, 0.15) is 5.82 Å². The van der Waals surface area contributed by atoms with Gasteiger partial charge in [-0.05, 0) is 40.0 Å². The van der Waals surface area contributed by atoms with Crippen LogP contribution in [0.4, 0.5) is 4.79 Å². The van der Waals surface area contributed by atoms with E-state index < -0.39 is 0 Å². The first-order valence-corrected chi connectivity index (χ1v) is 8.54. The van der Waals surface area contributed by atoms with Crippen molar-refractivity contribution in [3.63, 3.8) is 0 Å². The number of fused-ring (bicyclic) bond motifs is 1. The van der Waals surface area contributed by atoms with Crippen LogP contribution in [-0.4, -0.2) is 40.9 Å². The molecule has 0 radical (unpaired) electrons. The Kier molecular flexibility index (Phi) is 6.04. The molecule has 6 heteroatoms. The summed E-state index contributed by atoms with van der Waals surface area (Å²) in [5.74, 6) is 1.19. The van der Waals surface area contributed by atoms with Gasteiger partial charge in [0.15, 0.2) is 0 Å². The van der Waals surface area contributed by atoms with Crippen LogP contribution in [0.15, 0.2) is 6.20 Å². The fourth-order valence-corrected chi connectivity index (χ4v) is 3.04. The molecule has 0 unspecified atom stereocenters. The summed E-state index contributed by atoms with van der Waals surface area (Å²) in [7, 11) is 1.69. The molecule has 1 aliphatic heterocycles. The quantitative estimate of drug-likeness (QED) is 0.809. The van der Waals surface area contributed by atoms with Crippen LogP contribution >= 0.6 is 0 Å². The number of urea groups is 1. The van der Waals surface area contributed by atoms with Crippen LogP contribution in [0.1, 0.15) is 51.6 Å². The maximum Gasteiger partial charge on any atom is 0.315 e. The van der Waals surface area contributed by atoms with E-state index in [2.05, 4.69) is 26.4 Å². The molecule has 23 heavy (non-hydrogen) atoms. The molecule has 2 rings (SSSR count). The van der Waals surface area contributed by atoms with Crippen molar-refractivity contribution in [2.75, 3.05) is 13.7 Å². The smallest absolute Gasteiger partial charge is 0.315 e. The highest BCUT2D eigenvalue weighted by Crippen LogP contribution is 2.15. The van der Waals surface area contributed by atoms with Gasteiger partial charge < -0.3 is 19.9 Å². The molecule has 2 N–H and O–H groups in total. The third-order valence-corrected chi connectivity index (χ3v) is 4.35. The second kappa shape index (κ2) is 7.81. The summed E-state index contributed by atoms with van der Waals surface area (Å²) in [6.45, 7) is 7.70. The SMILES string of the molecule is COC(C)(C)C[C@@H](C)NC(=O)NCCc1cn2c(n1)CCCC2. The van der Waals surface area contributed by atoms with Crippen molar-refractivity contribution in [1.82, 2.24) is 20.2 Å². The number of ether oxygens (including phenoxy) is 1. The van der Waals surface area contributed by atoms with Gasteiger partial charge in [-0.1, -0.05) is 0 Å². The van der Waals surface area contributed by atoms with Gasteiger partial charge in [-0.15, -0.1) is 0 Å². The van der Waals surface area contributed by atoms with Crippen molar-refractivity contribution < 1.29 is 9.53 Å². The van der Waals surface area contributed by atoms with Gasteiger partial charge in [0, 0.05) is 45.3 Å². The highest BCUT2D eigenvalue weighted by Gasteiger charge is 2.21. The van der Waals surface area contributed by atoms with Crippen LogP contribution < -0.4 is 10.6 Å². The Morgan fingerprint density at radius 3 is 2.96 bits per heavy atom. The number of nitrogens with one attached hydrogen (secondary N) is 2. The molecule has 0 bridgehead atoms. The molecule has 0 spiro atoms. The Morgan fingerprint density at radius 1 is 1.48 bits per heavy atom. The number of carbonyl (C=O) groups excluding carboxylic acids is 1. The lowest BCUT2D eigenvalue weighted by Gasteiger charge is -2.27. The van der Waals surface area contributed by atoms with Crippen molar-refractivity contribution in [3.05, 3.63) is 17.7 Å². The molecule has 1 aromatic rings. The zero-order valence-electron chi connectivity index (χ0n) is 14.8. The summed E-state index contributed by atoms with van der Waals surface area (Å²) < 4.78 is 7.63. The Balaban J connectivity index is 1.69. The molecule has 6 nitrogen and oxygen atoms in total. The average molecular weight is 322 g/mol. The van der Waals surface area contributed by atoms with Gasteiger partial charge in [-0.3, -0.25) is 0 Å². The normalized spacial score (nSPS) is 15.8. The van der Waals surface area contributed by atoms with Gasteiger partial charge in [0.05, 0.1) is 11.3 Å². The number of aryl methyl sites for hydroxylation is 2. The molecule has 0 aliphatic carbocycles. The number of imidazole rings is 1. The maximum absolute atomic E-state index is 11.9. The number of hydrogen-bond acceptors (Lipinski definition) is 3. The van der Waals surface area contributed by atoms with E-state index in [1.807, 2.05) is 20.8 Å². The van der Waals surface area contributed by atoms with Gasteiger partial charge in [-0.25, -0.2) is 9.78 Å². The minimum Gasteiger partial charge on any atom is -0.379 e. The molecule has 2 amide bonds. The van der Waals surface area contributed by atoms with E-state index in [0.29, 0.717) is 6.54 Å². The molecule has 1 atom stereocenters. The summed E-state index contributed by atoms with van der Waals surface area (Å²) in [5, 5.41) is 5.86. The molecule has 0 fully saturated rings. The molecule has 0 saturated carbocycles. The monoisotopic (exact) mass is 322 g/mol. The molecular formula is C17H30N4O2. The zero-order chi connectivity index (χ0) is 16.9. The lowest BCUT2D eigenvalue weighted by atomic mass is 10.00. The lowest BCUT2D eigenvalue weighted by Crippen LogP contribution is -2.44. The van der Waals surface area contributed by atoms with E-state index in [-0.39, 0.29) is 17.7 Å². The predicted molar refractivity (Wildman–Crippen MR) is 90.6 cm³/mol. The van der Waals surface area contributed by atoms with Gasteiger partial charge >= 0.3 is 6.03 Å². The van der Waals surface area contributed by atoms with Gasteiger partial charge in [0.25, 0.3) is 0 Å². The van der Waals surface area contributed by atoms with E-state index >= 15 is 0 Å². The van der Waals surface area contributed by atoms with Crippen molar-refractivity contribution in [2.45, 2.75) is 71.1 Å².